The van der Waals surface area contributed by atoms with Crippen LogP contribution in [-0.4, -0.2) is 17.3 Å². The molecule has 0 amide bonds. The SMILES string of the molecule is COc1cc(Cl)ncc1C(=O)Cl. The number of aromatic nitrogens is 1. The molecule has 0 aliphatic heterocycles. The predicted octanol–water partition coefficient (Wildman–Crippen LogP) is 2.12. The number of carbonyl (C=O) groups is 1. The minimum atomic E-state index is -0.615. The molecule has 0 bridgehead atoms. The van der Waals surface area contributed by atoms with Gasteiger partial charge in [-0.3, -0.25) is 4.79 Å². The van der Waals surface area contributed by atoms with E-state index in [-0.39, 0.29) is 10.7 Å². The first-order chi connectivity index (χ1) is 5.65. The molecule has 3 nitrogen and oxygen atoms in total. The van der Waals surface area contributed by atoms with E-state index < -0.39 is 5.24 Å². The second-order valence-electron chi connectivity index (χ2n) is 1.98. The van der Waals surface area contributed by atoms with Crippen molar-refractivity contribution in [3.63, 3.8) is 0 Å². The van der Waals surface area contributed by atoms with Gasteiger partial charge in [0.25, 0.3) is 5.24 Å². The average molecular weight is 206 g/mol. The molecular formula is C7H5Cl2NO2. The maximum absolute atomic E-state index is 10.7. The Morgan fingerprint density at radius 2 is 2.33 bits per heavy atom. The van der Waals surface area contributed by atoms with E-state index in [0.29, 0.717) is 5.75 Å². The summed E-state index contributed by atoms with van der Waals surface area (Å²) in [6.07, 6.45) is 1.27. The molecule has 0 N–H and O–H groups in total. The highest BCUT2D eigenvalue weighted by Gasteiger charge is 2.10. The van der Waals surface area contributed by atoms with Gasteiger partial charge < -0.3 is 4.74 Å². The first-order valence-corrected chi connectivity index (χ1v) is 3.80. The Labute approximate surface area is 79.3 Å². The van der Waals surface area contributed by atoms with Gasteiger partial charge in [0.05, 0.1) is 12.7 Å². The Bertz CT molecular complexity index is 314. The van der Waals surface area contributed by atoms with Gasteiger partial charge >= 0.3 is 0 Å². The Balaban J connectivity index is 3.20. The van der Waals surface area contributed by atoms with Crippen LogP contribution in [0.2, 0.25) is 5.15 Å². The Kier molecular flexibility index (Phi) is 2.89. The first kappa shape index (κ1) is 9.29. The van der Waals surface area contributed by atoms with E-state index in [1.54, 1.807) is 0 Å². The smallest absolute Gasteiger partial charge is 0.257 e. The number of methoxy groups -OCH3 is 1. The molecule has 0 aliphatic rings. The van der Waals surface area contributed by atoms with Crippen molar-refractivity contribution in [3.8, 4) is 5.75 Å². The Morgan fingerprint density at radius 3 is 2.83 bits per heavy atom. The van der Waals surface area contributed by atoms with Crippen molar-refractivity contribution in [2.45, 2.75) is 0 Å². The molecule has 0 saturated carbocycles. The van der Waals surface area contributed by atoms with Crippen molar-refractivity contribution in [3.05, 3.63) is 23.0 Å². The Morgan fingerprint density at radius 1 is 1.67 bits per heavy atom. The van der Waals surface area contributed by atoms with Gasteiger partial charge in [-0.1, -0.05) is 11.6 Å². The standard InChI is InChI=1S/C7H5Cl2NO2/c1-12-5-2-6(8)10-3-4(5)7(9)11/h2-3H,1H3. The fourth-order valence-corrected chi connectivity index (χ4v) is 1.02. The second-order valence-corrected chi connectivity index (χ2v) is 2.71. The molecule has 0 fully saturated rings. The van der Waals surface area contributed by atoms with Crippen molar-refractivity contribution >= 4 is 28.4 Å². The molecule has 0 aromatic carbocycles. The predicted molar refractivity (Wildman–Crippen MR) is 46.0 cm³/mol. The quantitative estimate of drug-likeness (QED) is 0.549. The molecule has 0 aliphatic carbocycles. The van der Waals surface area contributed by atoms with Crippen LogP contribution in [0.5, 0.6) is 5.75 Å². The zero-order valence-corrected chi connectivity index (χ0v) is 7.69. The lowest BCUT2D eigenvalue weighted by atomic mass is 10.3. The molecule has 64 valence electrons. The van der Waals surface area contributed by atoms with Crippen molar-refractivity contribution in [1.29, 1.82) is 0 Å². The van der Waals surface area contributed by atoms with Crippen LogP contribution in [0, 0.1) is 0 Å². The fourth-order valence-electron chi connectivity index (χ4n) is 0.730. The summed E-state index contributed by atoms with van der Waals surface area (Å²) < 4.78 is 4.86. The molecule has 0 spiro atoms. The van der Waals surface area contributed by atoms with Gasteiger partial charge in [0.15, 0.2) is 0 Å². The maximum Gasteiger partial charge on any atom is 0.257 e. The van der Waals surface area contributed by atoms with Crippen molar-refractivity contribution in [1.82, 2.24) is 4.98 Å². The molecule has 0 radical (unpaired) electrons. The third kappa shape index (κ3) is 1.87. The molecule has 0 unspecified atom stereocenters. The van der Waals surface area contributed by atoms with E-state index in [1.165, 1.54) is 19.4 Å². The van der Waals surface area contributed by atoms with E-state index in [0.717, 1.165) is 0 Å². The molecule has 1 aromatic heterocycles. The van der Waals surface area contributed by atoms with Crippen molar-refractivity contribution in [2.24, 2.45) is 0 Å². The van der Waals surface area contributed by atoms with E-state index in [4.69, 9.17) is 27.9 Å². The lowest BCUT2D eigenvalue weighted by Crippen LogP contribution is -1.96. The highest BCUT2D eigenvalue weighted by Crippen LogP contribution is 2.21. The fraction of sp³-hybridized carbons (Fsp3) is 0.143. The lowest BCUT2D eigenvalue weighted by molar-refractivity contribution is 0.107. The molecule has 12 heavy (non-hydrogen) atoms. The summed E-state index contributed by atoms with van der Waals surface area (Å²) >= 11 is 10.8. The lowest BCUT2D eigenvalue weighted by Gasteiger charge is -2.03. The van der Waals surface area contributed by atoms with Gasteiger partial charge in [-0.15, -0.1) is 0 Å². The zero-order chi connectivity index (χ0) is 9.14. The van der Waals surface area contributed by atoms with Crippen LogP contribution < -0.4 is 4.74 Å². The summed E-state index contributed by atoms with van der Waals surface area (Å²) in [6.45, 7) is 0. The molecule has 0 saturated heterocycles. The zero-order valence-electron chi connectivity index (χ0n) is 6.17. The van der Waals surface area contributed by atoms with E-state index in [2.05, 4.69) is 4.98 Å². The molecule has 1 rings (SSSR count). The van der Waals surface area contributed by atoms with Gasteiger partial charge in [-0.25, -0.2) is 4.98 Å². The van der Waals surface area contributed by atoms with Crippen LogP contribution in [0.25, 0.3) is 0 Å². The van der Waals surface area contributed by atoms with Crippen LogP contribution >= 0.6 is 23.2 Å². The molecular weight excluding hydrogens is 201 g/mol. The van der Waals surface area contributed by atoms with Crippen LogP contribution in [0.1, 0.15) is 10.4 Å². The average Bonchev–Trinajstić information content (AvgIpc) is 2.03. The summed E-state index contributed by atoms with van der Waals surface area (Å²) in [4.78, 5) is 14.4. The maximum atomic E-state index is 10.7. The molecule has 1 heterocycles. The number of hydrogen-bond donors (Lipinski definition) is 0. The number of pyridine rings is 1. The van der Waals surface area contributed by atoms with Gasteiger partial charge in [-0.2, -0.15) is 0 Å². The number of rotatable bonds is 2. The van der Waals surface area contributed by atoms with Gasteiger partial charge in [0.1, 0.15) is 10.9 Å². The minimum absolute atomic E-state index is 0.212. The van der Waals surface area contributed by atoms with Crippen molar-refractivity contribution in [2.75, 3.05) is 7.11 Å². The molecule has 5 heteroatoms. The number of carbonyl (C=O) groups excluding carboxylic acids is 1. The number of halogens is 2. The van der Waals surface area contributed by atoms with Gasteiger partial charge in [0.2, 0.25) is 0 Å². The second kappa shape index (κ2) is 3.74. The van der Waals surface area contributed by atoms with Gasteiger partial charge in [0, 0.05) is 12.3 Å². The topological polar surface area (TPSA) is 39.2 Å². The summed E-state index contributed by atoms with van der Waals surface area (Å²) in [7, 11) is 1.43. The van der Waals surface area contributed by atoms with Crippen LogP contribution in [0.4, 0.5) is 0 Å². The third-order valence-electron chi connectivity index (χ3n) is 1.26. The number of hydrogen-bond acceptors (Lipinski definition) is 3. The highest BCUT2D eigenvalue weighted by atomic mass is 35.5. The van der Waals surface area contributed by atoms with E-state index in [9.17, 15) is 4.79 Å². The molecule has 0 atom stereocenters. The highest BCUT2D eigenvalue weighted by molar-refractivity contribution is 6.68. The van der Waals surface area contributed by atoms with Gasteiger partial charge in [-0.05, 0) is 11.6 Å². The summed E-state index contributed by atoms with van der Waals surface area (Å²) in [5, 5.41) is -0.357. The first-order valence-electron chi connectivity index (χ1n) is 3.04. The van der Waals surface area contributed by atoms with Crippen molar-refractivity contribution < 1.29 is 9.53 Å². The summed E-state index contributed by atoms with van der Waals surface area (Å²) in [5.74, 6) is 0.329. The number of nitrogens with zero attached hydrogens (tertiary/aromatic N) is 1. The molecule has 1 aromatic rings. The Hall–Kier alpha value is -0.800. The van der Waals surface area contributed by atoms with Crippen LogP contribution in [0.15, 0.2) is 12.3 Å². The van der Waals surface area contributed by atoms with E-state index in [1.807, 2.05) is 0 Å². The summed E-state index contributed by atoms with van der Waals surface area (Å²) in [5.41, 5.74) is 0.212. The number of ether oxygens (including phenoxy) is 1. The minimum Gasteiger partial charge on any atom is -0.496 e. The van der Waals surface area contributed by atoms with Crippen LogP contribution in [-0.2, 0) is 0 Å². The third-order valence-corrected chi connectivity index (χ3v) is 1.67. The van der Waals surface area contributed by atoms with Crippen LogP contribution in [0.3, 0.4) is 0 Å². The largest absolute Gasteiger partial charge is 0.496 e. The monoisotopic (exact) mass is 205 g/mol. The normalized spacial score (nSPS) is 9.58. The van der Waals surface area contributed by atoms with E-state index >= 15 is 0 Å². The summed E-state index contributed by atoms with van der Waals surface area (Å²) in [6, 6.07) is 1.43.